The molecule has 1 heteroatoms. The fraction of sp³-hybridized carbons (Fsp3) is 0.867. The zero-order valence-corrected chi connectivity index (χ0v) is 13.0. The molecular formula is C15H29Br. The van der Waals surface area contributed by atoms with Crippen LogP contribution >= 0.6 is 15.9 Å². The van der Waals surface area contributed by atoms with Crippen LogP contribution in [0.1, 0.15) is 78.6 Å². The molecular weight excluding hydrogens is 260 g/mol. The summed E-state index contributed by atoms with van der Waals surface area (Å²) < 4.78 is 0. The van der Waals surface area contributed by atoms with E-state index in [1.807, 2.05) is 0 Å². The Morgan fingerprint density at radius 1 is 0.938 bits per heavy atom. The third kappa shape index (κ3) is 9.45. The number of unbranched alkanes of at least 4 members (excludes halogenated alkanes) is 3. The number of alkyl halides is 1. The van der Waals surface area contributed by atoms with Gasteiger partial charge in [0.15, 0.2) is 0 Å². The fourth-order valence-electron chi connectivity index (χ4n) is 1.84. The molecule has 0 amide bonds. The molecule has 0 aromatic carbocycles. The second kappa shape index (κ2) is 11.7. The maximum absolute atomic E-state index is 3.79. The minimum atomic E-state index is 0.608. The highest BCUT2D eigenvalue weighted by Gasteiger charge is 2.03. The SMILES string of the molecule is CCCCC(=CC(Br)CCCC)CCCC. The van der Waals surface area contributed by atoms with Gasteiger partial charge in [0, 0.05) is 4.83 Å². The Kier molecular flexibility index (Phi) is 11.9. The molecule has 0 saturated carbocycles. The second-order valence-corrected chi connectivity index (χ2v) is 5.87. The summed E-state index contributed by atoms with van der Waals surface area (Å²) in [5.74, 6) is 0. The quantitative estimate of drug-likeness (QED) is 0.329. The van der Waals surface area contributed by atoms with Gasteiger partial charge in [-0.3, -0.25) is 0 Å². The van der Waals surface area contributed by atoms with Crippen LogP contribution in [0.3, 0.4) is 0 Å². The van der Waals surface area contributed by atoms with Gasteiger partial charge in [0.25, 0.3) is 0 Å². The first-order valence-corrected chi connectivity index (χ1v) is 7.99. The molecule has 0 nitrogen and oxygen atoms in total. The first-order chi connectivity index (χ1) is 7.74. The van der Waals surface area contributed by atoms with E-state index in [2.05, 4.69) is 42.8 Å². The molecule has 0 aliphatic carbocycles. The molecule has 0 aromatic heterocycles. The Morgan fingerprint density at radius 2 is 1.44 bits per heavy atom. The van der Waals surface area contributed by atoms with Crippen LogP contribution < -0.4 is 0 Å². The number of hydrogen-bond acceptors (Lipinski definition) is 0. The number of rotatable bonds is 10. The predicted molar refractivity (Wildman–Crippen MR) is 79.4 cm³/mol. The summed E-state index contributed by atoms with van der Waals surface area (Å²) in [6.45, 7) is 6.82. The summed E-state index contributed by atoms with van der Waals surface area (Å²) in [6, 6.07) is 0. The van der Waals surface area contributed by atoms with Gasteiger partial charge in [-0.25, -0.2) is 0 Å². The zero-order chi connectivity index (χ0) is 12.2. The molecule has 0 aliphatic rings. The van der Waals surface area contributed by atoms with Gasteiger partial charge >= 0.3 is 0 Å². The van der Waals surface area contributed by atoms with Crippen molar-refractivity contribution < 1.29 is 0 Å². The maximum atomic E-state index is 3.79. The van der Waals surface area contributed by atoms with Gasteiger partial charge in [-0.15, -0.1) is 0 Å². The van der Waals surface area contributed by atoms with E-state index >= 15 is 0 Å². The maximum Gasteiger partial charge on any atom is 0.0327 e. The molecule has 0 aromatic rings. The summed E-state index contributed by atoms with van der Waals surface area (Å²) in [5, 5.41) is 0. The monoisotopic (exact) mass is 288 g/mol. The van der Waals surface area contributed by atoms with Crippen LogP contribution in [0.2, 0.25) is 0 Å². The van der Waals surface area contributed by atoms with E-state index in [4.69, 9.17) is 0 Å². The van der Waals surface area contributed by atoms with Gasteiger partial charge in [0.1, 0.15) is 0 Å². The Morgan fingerprint density at radius 3 is 1.88 bits per heavy atom. The third-order valence-corrected chi connectivity index (χ3v) is 3.68. The lowest BCUT2D eigenvalue weighted by Gasteiger charge is -2.10. The van der Waals surface area contributed by atoms with Crippen molar-refractivity contribution in [2.24, 2.45) is 0 Å². The average Bonchev–Trinajstić information content (AvgIpc) is 2.30. The minimum absolute atomic E-state index is 0.608. The molecule has 1 atom stereocenters. The van der Waals surface area contributed by atoms with Crippen LogP contribution in [0.15, 0.2) is 11.6 Å². The van der Waals surface area contributed by atoms with E-state index in [-0.39, 0.29) is 0 Å². The molecule has 0 spiro atoms. The largest absolute Gasteiger partial charge is 0.0845 e. The van der Waals surface area contributed by atoms with Gasteiger partial charge in [0.05, 0.1) is 0 Å². The summed E-state index contributed by atoms with van der Waals surface area (Å²) in [5.41, 5.74) is 1.68. The van der Waals surface area contributed by atoms with Crippen molar-refractivity contribution in [1.82, 2.24) is 0 Å². The van der Waals surface area contributed by atoms with E-state index < -0.39 is 0 Å². The highest BCUT2D eigenvalue weighted by atomic mass is 79.9. The molecule has 0 rings (SSSR count). The summed E-state index contributed by atoms with van der Waals surface area (Å²) >= 11 is 3.79. The first-order valence-electron chi connectivity index (χ1n) is 7.08. The smallest absolute Gasteiger partial charge is 0.0327 e. The topological polar surface area (TPSA) is 0 Å². The van der Waals surface area contributed by atoms with Crippen molar-refractivity contribution in [3.05, 3.63) is 11.6 Å². The Hall–Kier alpha value is 0.220. The van der Waals surface area contributed by atoms with Gasteiger partial charge in [-0.05, 0) is 32.1 Å². The van der Waals surface area contributed by atoms with Crippen LogP contribution in [-0.2, 0) is 0 Å². The van der Waals surface area contributed by atoms with E-state index in [9.17, 15) is 0 Å². The summed E-state index contributed by atoms with van der Waals surface area (Å²) in [6.07, 6.45) is 14.4. The lowest BCUT2D eigenvalue weighted by molar-refractivity contribution is 0.697. The van der Waals surface area contributed by atoms with Crippen molar-refractivity contribution in [2.45, 2.75) is 83.4 Å². The number of allylic oxidation sites excluding steroid dienone is 2. The van der Waals surface area contributed by atoms with Crippen LogP contribution in [-0.4, -0.2) is 4.83 Å². The predicted octanol–water partition coefficient (Wildman–Crippen LogP) is 6.25. The number of hydrogen-bond donors (Lipinski definition) is 0. The molecule has 16 heavy (non-hydrogen) atoms. The Balaban J connectivity index is 4.06. The molecule has 0 aliphatic heterocycles. The van der Waals surface area contributed by atoms with Crippen LogP contribution in [0.5, 0.6) is 0 Å². The Labute approximate surface area is 111 Å². The van der Waals surface area contributed by atoms with Crippen molar-refractivity contribution in [3.8, 4) is 0 Å². The molecule has 0 radical (unpaired) electrons. The lowest BCUT2D eigenvalue weighted by Crippen LogP contribution is -1.96. The minimum Gasteiger partial charge on any atom is -0.0845 e. The normalized spacial score (nSPS) is 12.5. The first kappa shape index (κ1) is 16.2. The fourth-order valence-corrected chi connectivity index (χ4v) is 2.54. The highest BCUT2D eigenvalue weighted by Crippen LogP contribution is 2.20. The molecule has 0 fully saturated rings. The van der Waals surface area contributed by atoms with E-state index in [0.29, 0.717) is 4.83 Å². The third-order valence-electron chi connectivity index (χ3n) is 2.95. The molecule has 0 saturated heterocycles. The Bertz CT molecular complexity index is 162. The van der Waals surface area contributed by atoms with Crippen molar-refractivity contribution in [1.29, 1.82) is 0 Å². The molecule has 0 heterocycles. The van der Waals surface area contributed by atoms with Crippen LogP contribution in [0, 0.1) is 0 Å². The average molecular weight is 289 g/mol. The van der Waals surface area contributed by atoms with E-state index in [1.165, 1.54) is 57.8 Å². The molecule has 1 unspecified atom stereocenters. The summed E-state index contributed by atoms with van der Waals surface area (Å²) in [4.78, 5) is 0.608. The van der Waals surface area contributed by atoms with Crippen LogP contribution in [0.4, 0.5) is 0 Å². The standard InChI is InChI=1S/C15H29Br/c1-4-7-10-14(11-8-5-2)13-15(16)12-9-6-3/h13,15H,4-12H2,1-3H3. The second-order valence-electron chi connectivity index (χ2n) is 4.69. The van der Waals surface area contributed by atoms with Crippen molar-refractivity contribution in [2.75, 3.05) is 0 Å². The van der Waals surface area contributed by atoms with Gasteiger partial charge in [-0.1, -0.05) is 74.0 Å². The van der Waals surface area contributed by atoms with Gasteiger partial charge in [0.2, 0.25) is 0 Å². The van der Waals surface area contributed by atoms with Crippen molar-refractivity contribution in [3.63, 3.8) is 0 Å². The molecule has 0 N–H and O–H groups in total. The summed E-state index contributed by atoms with van der Waals surface area (Å²) in [7, 11) is 0. The van der Waals surface area contributed by atoms with Gasteiger partial charge in [-0.2, -0.15) is 0 Å². The van der Waals surface area contributed by atoms with Crippen molar-refractivity contribution >= 4 is 15.9 Å². The van der Waals surface area contributed by atoms with E-state index in [0.717, 1.165) is 0 Å². The van der Waals surface area contributed by atoms with E-state index in [1.54, 1.807) is 5.57 Å². The van der Waals surface area contributed by atoms with Gasteiger partial charge < -0.3 is 0 Å². The molecule has 96 valence electrons. The van der Waals surface area contributed by atoms with Crippen LogP contribution in [0.25, 0.3) is 0 Å². The lowest BCUT2D eigenvalue weighted by atomic mass is 10.0. The highest BCUT2D eigenvalue weighted by molar-refractivity contribution is 9.09. The number of halogens is 1. The molecule has 0 bridgehead atoms. The zero-order valence-electron chi connectivity index (χ0n) is 11.4.